The van der Waals surface area contributed by atoms with Gasteiger partial charge in [-0.2, -0.15) is 0 Å². The number of hydrogen-bond donors (Lipinski definition) is 2. The first kappa shape index (κ1) is 19.0. The molecule has 0 saturated carbocycles. The molecule has 23 heavy (non-hydrogen) atoms. The van der Waals surface area contributed by atoms with Crippen molar-refractivity contribution in [3.8, 4) is 0 Å². The number of esters is 1. The Balaban J connectivity index is 2.47. The van der Waals surface area contributed by atoms with Crippen LogP contribution in [0.2, 0.25) is 0 Å². The molecule has 0 aliphatic rings. The van der Waals surface area contributed by atoms with Crippen LogP contribution in [-0.4, -0.2) is 36.4 Å². The number of benzene rings is 1. The first-order chi connectivity index (χ1) is 10.9. The van der Waals surface area contributed by atoms with E-state index in [0.29, 0.717) is 0 Å². The van der Waals surface area contributed by atoms with Crippen LogP contribution in [0, 0.1) is 11.8 Å². The molecule has 0 aromatic heterocycles. The van der Waals surface area contributed by atoms with E-state index in [2.05, 4.69) is 5.32 Å². The van der Waals surface area contributed by atoms with E-state index in [1.807, 2.05) is 30.3 Å². The van der Waals surface area contributed by atoms with Crippen molar-refractivity contribution in [2.45, 2.75) is 33.4 Å². The second kappa shape index (κ2) is 9.84. The Hall–Kier alpha value is -2.08. The smallest absolute Gasteiger partial charge is 0.408 e. The highest BCUT2D eigenvalue weighted by Gasteiger charge is 2.26. The van der Waals surface area contributed by atoms with E-state index in [0.717, 1.165) is 5.56 Å². The van der Waals surface area contributed by atoms with Crippen molar-refractivity contribution in [2.24, 2.45) is 11.8 Å². The second-order valence-electron chi connectivity index (χ2n) is 5.85. The molecule has 2 atom stereocenters. The van der Waals surface area contributed by atoms with Crippen LogP contribution < -0.4 is 5.32 Å². The molecule has 2 N–H and O–H groups in total. The Morgan fingerprint density at radius 2 is 1.78 bits per heavy atom. The number of alkyl carbamates (subject to hydrolysis) is 1. The summed E-state index contributed by atoms with van der Waals surface area (Å²) in [4.78, 5) is 23.9. The third kappa shape index (κ3) is 7.15. The number of aliphatic hydroxyl groups excluding tert-OH is 1. The van der Waals surface area contributed by atoms with Gasteiger partial charge in [-0.25, -0.2) is 9.59 Å². The summed E-state index contributed by atoms with van der Waals surface area (Å²) in [5.74, 6) is -0.815. The normalized spacial score (nSPS) is 13.3. The van der Waals surface area contributed by atoms with Crippen molar-refractivity contribution in [3.05, 3.63) is 35.9 Å². The molecule has 0 saturated heterocycles. The van der Waals surface area contributed by atoms with Crippen LogP contribution in [0.3, 0.4) is 0 Å². The van der Waals surface area contributed by atoms with E-state index in [-0.39, 0.29) is 31.7 Å². The Morgan fingerprint density at radius 3 is 2.35 bits per heavy atom. The average Bonchev–Trinajstić information content (AvgIpc) is 2.55. The Morgan fingerprint density at radius 1 is 1.13 bits per heavy atom. The predicted octanol–water partition coefficient (Wildman–Crippen LogP) is 2.11. The largest absolute Gasteiger partial charge is 0.464 e. The van der Waals surface area contributed by atoms with Crippen LogP contribution in [0.5, 0.6) is 0 Å². The molecular weight excluding hydrogens is 298 g/mol. The standard InChI is InChI=1S/C17H25NO5/c1-12(2)15(16(20)22-10-13(3)9-19)18-17(21)23-11-14-7-5-4-6-8-14/h4-8,12-13,15,19H,9-11H2,1-3H3,(H,18,21)/t13?,15-/m0/s1. The van der Waals surface area contributed by atoms with E-state index in [1.54, 1.807) is 20.8 Å². The molecule has 0 bridgehead atoms. The number of ether oxygens (including phenoxy) is 2. The number of rotatable bonds is 8. The Labute approximate surface area is 136 Å². The molecule has 1 amide bonds. The minimum absolute atomic E-state index is 0.0633. The van der Waals surface area contributed by atoms with Gasteiger partial charge in [0.25, 0.3) is 0 Å². The van der Waals surface area contributed by atoms with Crippen LogP contribution in [0.25, 0.3) is 0 Å². The zero-order valence-corrected chi connectivity index (χ0v) is 13.8. The maximum Gasteiger partial charge on any atom is 0.408 e. The summed E-state index contributed by atoms with van der Waals surface area (Å²) in [6.07, 6.45) is -0.667. The van der Waals surface area contributed by atoms with E-state index >= 15 is 0 Å². The Kier molecular flexibility index (Phi) is 8.11. The lowest BCUT2D eigenvalue weighted by atomic mass is 10.1. The maximum atomic E-state index is 12.0. The topological polar surface area (TPSA) is 84.9 Å². The van der Waals surface area contributed by atoms with Gasteiger partial charge in [0.15, 0.2) is 0 Å². The van der Waals surface area contributed by atoms with Gasteiger partial charge < -0.3 is 19.9 Å². The van der Waals surface area contributed by atoms with Crippen LogP contribution in [-0.2, 0) is 20.9 Å². The van der Waals surface area contributed by atoms with Gasteiger partial charge in [-0.15, -0.1) is 0 Å². The number of carbonyl (C=O) groups is 2. The summed E-state index contributed by atoms with van der Waals surface area (Å²) in [6.45, 7) is 5.55. The van der Waals surface area contributed by atoms with Crippen molar-refractivity contribution in [3.63, 3.8) is 0 Å². The van der Waals surface area contributed by atoms with Gasteiger partial charge in [-0.1, -0.05) is 51.1 Å². The minimum atomic E-state index is -0.788. The van der Waals surface area contributed by atoms with Gasteiger partial charge in [0.1, 0.15) is 12.6 Å². The summed E-state index contributed by atoms with van der Waals surface area (Å²) < 4.78 is 10.2. The van der Waals surface area contributed by atoms with Crippen molar-refractivity contribution in [1.29, 1.82) is 0 Å². The molecular formula is C17H25NO5. The zero-order chi connectivity index (χ0) is 17.2. The summed E-state index contributed by atoms with van der Waals surface area (Å²) in [5.41, 5.74) is 0.864. The molecule has 0 fully saturated rings. The van der Waals surface area contributed by atoms with Crippen molar-refractivity contribution >= 4 is 12.1 Å². The molecule has 6 heteroatoms. The SMILES string of the molecule is CC(CO)COC(=O)[C@@H](NC(=O)OCc1ccccc1)C(C)C. The summed E-state index contributed by atoms with van der Waals surface area (Å²) in [5, 5.41) is 11.5. The first-order valence-corrected chi connectivity index (χ1v) is 7.68. The summed E-state index contributed by atoms with van der Waals surface area (Å²) >= 11 is 0. The predicted molar refractivity (Wildman–Crippen MR) is 85.6 cm³/mol. The molecule has 1 unspecified atom stereocenters. The van der Waals surface area contributed by atoms with Crippen LogP contribution in [0.1, 0.15) is 26.3 Å². The molecule has 1 aromatic carbocycles. The average molecular weight is 323 g/mol. The first-order valence-electron chi connectivity index (χ1n) is 7.68. The fourth-order valence-electron chi connectivity index (χ4n) is 1.76. The number of amides is 1. The van der Waals surface area contributed by atoms with Crippen molar-refractivity contribution < 1.29 is 24.2 Å². The van der Waals surface area contributed by atoms with Gasteiger partial charge in [0.05, 0.1) is 6.61 Å². The van der Waals surface area contributed by atoms with Crippen molar-refractivity contribution in [1.82, 2.24) is 5.32 Å². The van der Waals surface area contributed by atoms with E-state index in [9.17, 15) is 9.59 Å². The number of nitrogens with one attached hydrogen (secondary N) is 1. The van der Waals surface area contributed by atoms with Gasteiger partial charge in [-0.3, -0.25) is 0 Å². The van der Waals surface area contributed by atoms with Crippen molar-refractivity contribution in [2.75, 3.05) is 13.2 Å². The lowest BCUT2D eigenvalue weighted by Gasteiger charge is -2.21. The molecule has 0 heterocycles. The highest BCUT2D eigenvalue weighted by atomic mass is 16.6. The molecule has 0 spiro atoms. The molecule has 1 aromatic rings. The quantitative estimate of drug-likeness (QED) is 0.716. The van der Waals surface area contributed by atoms with E-state index < -0.39 is 18.1 Å². The zero-order valence-electron chi connectivity index (χ0n) is 13.8. The van der Waals surface area contributed by atoms with Gasteiger partial charge in [0, 0.05) is 12.5 Å². The monoisotopic (exact) mass is 323 g/mol. The number of aliphatic hydroxyl groups is 1. The fourth-order valence-corrected chi connectivity index (χ4v) is 1.76. The highest BCUT2D eigenvalue weighted by Crippen LogP contribution is 2.07. The maximum absolute atomic E-state index is 12.0. The van der Waals surface area contributed by atoms with Gasteiger partial charge in [0.2, 0.25) is 0 Å². The lowest BCUT2D eigenvalue weighted by Crippen LogP contribution is -2.45. The van der Waals surface area contributed by atoms with Gasteiger partial charge in [-0.05, 0) is 11.5 Å². The van der Waals surface area contributed by atoms with Crippen LogP contribution in [0.4, 0.5) is 4.79 Å². The molecule has 1 rings (SSSR count). The van der Waals surface area contributed by atoms with Crippen LogP contribution >= 0.6 is 0 Å². The summed E-state index contributed by atoms with van der Waals surface area (Å²) in [7, 11) is 0. The van der Waals surface area contributed by atoms with Gasteiger partial charge >= 0.3 is 12.1 Å². The Bertz CT molecular complexity index is 489. The third-order valence-electron chi connectivity index (χ3n) is 3.23. The lowest BCUT2D eigenvalue weighted by molar-refractivity contribution is -0.148. The number of carbonyl (C=O) groups excluding carboxylic acids is 2. The number of hydrogen-bond acceptors (Lipinski definition) is 5. The molecule has 0 aliphatic carbocycles. The summed E-state index contributed by atoms with van der Waals surface area (Å²) in [6, 6.07) is 8.49. The van der Waals surface area contributed by atoms with E-state index in [1.165, 1.54) is 0 Å². The minimum Gasteiger partial charge on any atom is -0.464 e. The third-order valence-corrected chi connectivity index (χ3v) is 3.23. The molecule has 0 aliphatic heterocycles. The van der Waals surface area contributed by atoms with Crippen LogP contribution in [0.15, 0.2) is 30.3 Å². The fraction of sp³-hybridized carbons (Fsp3) is 0.529. The highest BCUT2D eigenvalue weighted by molar-refractivity contribution is 5.81. The molecule has 0 radical (unpaired) electrons. The second-order valence-corrected chi connectivity index (χ2v) is 5.85. The van der Waals surface area contributed by atoms with E-state index in [4.69, 9.17) is 14.6 Å². The molecule has 6 nitrogen and oxygen atoms in total. The molecule has 128 valence electrons.